The standard InChI is InChI=1S/C6H14O3Si2/c1-5(7-1)3-10-9-11-4-6-2-8-6/h5-6H,1-4,10-11H2. The van der Waals surface area contributed by atoms with Crippen LogP contribution in [0.4, 0.5) is 0 Å². The van der Waals surface area contributed by atoms with Gasteiger partial charge in [0, 0.05) is 0 Å². The van der Waals surface area contributed by atoms with E-state index in [0.29, 0.717) is 12.2 Å². The van der Waals surface area contributed by atoms with Crippen molar-refractivity contribution in [3.63, 3.8) is 0 Å². The highest BCUT2D eigenvalue weighted by molar-refractivity contribution is 6.42. The van der Waals surface area contributed by atoms with Gasteiger partial charge in [0.15, 0.2) is 0 Å². The van der Waals surface area contributed by atoms with Gasteiger partial charge in [-0.05, 0) is 12.1 Å². The minimum absolute atomic E-state index is 0.208. The van der Waals surface area contributed by atoms with Crippen LogP contribution in [-0.4, -0.2) is 44.9 Å². The fraction of sp³-hybridized carbons (Fsp3) is 1.00. The van der Waals surface area contributed by atoms with Gasteiger partial charge in [-0.15, -0.1) is 0 Å². The zero-order valence-corrected chi connectivity index (χ0v) is 9.45. The Balaban J connectivity index is 1.35. The normalized spacial score (nSPS) is 36.0. The molecule has 0 N–H and O–H groups in total. The third-order valence-corrected chi connectivity index (χ3v) is 6.04. The summed E-state index contributed by atoms with van der Waals surface area (Å²) in [7, 11) is -0.415. The Labute approximate surface area is 71.3 Å². The Morgan fingerprint density at radius 2 is 1.55 bits per heavy atom. The molecular formula is C6H14O3Si2. The average Bonchev–Trinajstić information content (AvgIpc) is 2.83. The molecule has 11 heavy (non-hydrogen) atoms. The van der Waals surface area contributed by atoms with E-state index in [4.69, 9.17) is 13.6 Å². The van der Waals surface area contributed by atoms with Crippen molar-refractivity contribution in [1.29, 1.82) is 0 Å². The van der Waals surface area contributed by atoms with Crippen LogP contribution in [0.5, 0.6) is 0 Å². The van der Waals surface area contributed by atoms with Gasteiger partial charge >= 0.3 is 0 Å². The molecule has 2 rings (SSSR count). The monoisotopic (exact) mass is 190 g/mol. The molecule has 0 spiro atoms. The van der Waals surface area contributed by atoms with E-state index in [0.717, 1.165) is 13.2 Å². The van der Waals surface area contributed by atoms with E-state index < -0.39 is 0 Å². The molecule has 0 radical (unpaired) electrons. The molecule has 5 heteroatoms. The van der Waals surface area contributed by atoms with Gasteiger partial charge in [-0.3, -0.25) is 0 Å². The third-order valence-electron chi connectivity index (χ3n) is 1.97. The molecule has 2 unspecified atom stereocenters. The maximum absolute atomic E-state index is 5.65. The topological polar surface area (TPSA) is 34.3 Å². The van der Waals surface area contributed by atoms with Crippen LogP contribution in [0.3, 0.4) is 0 Å². The van der Waals surface area contributed by atoms with Crippen molar-refractivity contribution in [2.75, 3.05) is 13.2 Å². The summed E-state index contributed by atoms with van der Waals surface area (Å²) in [5, 5.41) is 0. The maximum atomic E-state index is 5.65. The SMILES string of the molecule is C1OC1C[SiH2]O[SiH2]CC1CO1. The van der Waals surface area contributed by atoms with Gasteiger partial charge in [0.25, 0.3) is 0 Å². The van der Waals surface area contributed by atoms with E-state index in [2.05, 4.69) is 0 Å². The summed E-state index contributed by atoms with van der Waals surface area (Å²) in [5.41, 5.74) is 0. The molecule has 0 aromatic heterocycles. The van der Waals surface area contributed by atoms with Crippen molar-refractivity contribution in [3.05, 3.63) is 0 Å². The number of ether oxygens (including phenoxy) is 2. The summed E-state index contributed by atoms with van der Waals surface area (Å²) < 4.78 is 15.8. The molecule has 2 heterocycles. The third kappa shape index (κ3) is 3.48. The van der Waals surface area contributed by atoms with Gasteiger partial charge < -0.3 is 13.6 Å². The highest BCUT2D eigenvalue weighted by Gasteiger charge is 2.23. The molecule has 64 valence electrons. The number of epoxide rings is 2. The lowest BCUT2D eigenvalue weighted by molar-refractivity contribution is 0.415. The van der Waals surface area contributed by atoms with Crippen LogP contribution in [0, 0.1) is 0 Å². The van der Waals surface area contributed by atoms with Crippen molar-refractivity contribution >= 4 is 19.5 Å². The van der Waals surface area contributed by atoms with Crippen LogP contribution in [0.2, 0.25) is 12.1 Å². The Morgan fingerprint density at radius 3 is 1.91 bits per heavy atom. The summed E-state index contributed by atoms with van der Waals surface area (Å²) in [4.78, 5) is 0. The van der Waals surface area contributed by atoms with Crippen LogP contribution in [-0.2, 0) is 13.6 Å². The Bertz CT molecular complexity index is 111. The smallest absolute Gasteiger partial charge is 0.148 e. The second-order valence-electron chi connectivity index (χ2n) is 3.10. The lowest BCUT2D eigenvalue weighted by Gasteiger charge is -1.98. The summed E-state index contributed by atoms with van der Waals surface area (Å²) in [5.74, 6) is 0. The van der Waals surface area contributed by atoms with Crippen LogP contribution < -0.4 is 0 Å². The predicted molar refractivity (Wildman–Crippen MR) is 47.3 cm³/mol. The van der Waals surface area contributed by atoms with Gasteiger partial charge in [0.1, 0.15) is 19.5 Å². The number of hydrogen-bond acceptors (Lipinski definition) is 3. The molecule has 0 aromatic rings. The van der Waals surface area contributed by atoms with E-state index in [1.165, 1.54) is 12.1 Å². The summed E-state index contributed by atoms with van der Waals surface area (Å²) >= 11 is 0. The van der Waals surface area contributed by atoms with Gasteiger partial charge in [0.05, 0.1) is 25.4 Å². The molecule has 3 nitrogen and oxygen atoms in total. The molecule has 0 amide bonds. The predicted octanol–water partition coefficient (Wildman–Crippen LogP) is -1.20. The van der Waals surface area contributed by atoms with E-state index in [9.17, 15) is 0 Å². The lowest BCUT2D eigenvalue weighted by Crippen LogP contribution is -2.07. The minimum atomic E-state index is -0.208. The number of hydrogen-bond donors (Lipinski definition) is 0. The molecule has 2 fully saturated rings. The highest BCUT2D eigenvalue weighted by Crippen LogP contribution is 2.14. The number of rotatable bonds is 6. The van der Waals surface area contributed by atoms with Crippen molar-refractivity contribution in [2.24, 2.45) is 0 Å². The summed E-state index contributed by atoms with van der Waals surface area (Å²) in [6.45, 7) is 1.98. The zero-order valence-electron chi connectivity index (χ0n) is 6.62. The Hall–Kier alpha value is 0.314. The van der Waals surface area contributed by atoms with Crippen LogP contribution in [0.25, 0.3) is 0 Å². The van der Waals surface area contributed by atoms with Crippen molar-refractivity contribution in [2.45, 2.75) is 24.3 Å². The van der Waals surface area contributed by atoms with Crippen molar-refractivity contribution < 1.29 is 13.6 Å². The first-order chi connectivity index (χ1) is 5.45. The molecule has 0 aromatic carbocycles. The van der Waals surface area contributed by atoms with Crippen LogP contribution >= 0.6 is 0 Å². The fourth-order valence-electron chi connectivity index (χ4n) is 1.00. The zero-order chi connectivity index (χ0) is 7.52. The summed E-state index contributed by atoms with van der Waals surface area (Å²) in [6, 6.07) is 2.47. The first-order valence-electron chi connectivity index (χ1n) is 4.26. The summed E-state index contributed by atoms with van der Waals surface area (Å²) in [6.07, 6.45) is 1.18. The maximum Gasteiger partial charge on any atom is 0.148 e. The lowest BCUT2D eigenvalue weighted by atomic mass is 10.6. The van der Waals surface area contributed by atoms with Gasteiger partial charge in [-0.25, -0.2) is 0 Å². The molecule has 0 bridgehead atoms. The second-order valence-corrected chi connectivity index (χ2v) is 6.70. The fourth-order valence-corrected chi connectivity index (χ4v) is 4.34. The van der Waals surface area contributed by atoms with Crippen LogP contribution in [0.15, 0.2) is 0 Å². The van der Waals surface area contributed by atoms with E-state index in [-0.39, 0.29) is 19.5 Å². The molecule has 0 aliphatic carbocycles. The molecule has 2 aliphatic rings. The minimum Gasteiger partial charge on any atom is -0.465 e. The molecule has 2 aliphatic heterocycles. The Kier molecular flexibility index (Phi) is 2.75. The van der Waals surface area contributed by atoms with Crippen LogP contribution in [0.1, 0.15) is 0 Å². The van der Waals surface area contributed by atoms with Crippen molar-refractivity contribution in [1.82, 2.24) is 0 Å². The molecule has 2 atom stereocenters. The largest absolute Gasteiger partial charge is 0.465 e. The Morgan fingerprint density at radius 1 is 1.09 bits per heavy atom. The van der Waals surface area contributed by atoms with E-state index in [1.807, 2.05) is 0 Å². The molecular weight excluding hydrogens is 176 g/mol. The first kappa shape index (κ1) is 7.94. The quantitative estimate of drug-likeness (QED) is 0.300. The van der Waals surface area contributed by atoms with Crippen molar-refractivity contribution in [3.8, 4) is 0 Å². The van der Waals surface area contributed by atoms with Gasteiger partial charge in [-0.2, -0.15) is 0 Å². The average molecular weight is 190 g/mol. The van der Waals surface area contributed by atoms with E-state index >= 15 is 0 Å². The molecule has 0 saturated carbocycles. The highest BCUT2D eigenvalue weighted by atomic mass is 28.3. The van der Waals surface area contributed by atoms with Gasteiger partial charge in [-0.1, -0.05) is 0 Å². The van der Waals surface area contributed by atoms with Gasteiger partial charge in [0.2, 0.25) is 0 Å². The van der Waals surface area contributed by atoms with E-state index in [1.54, 1.807) is 0 Å². The first-order valence-corrected chi connectivity index (χ1v) is 7.41. The second kappa shape index (κ2) is 3.82. The molecule has 2 saturated heterocycles.